The van der Waals surface area contributed by atoms with Crippen molar-refractivity contribution in [1.29, 1.82) is 0 Å². The van der Waals surface area contributed by atoms with Gasteiger partial charge in [-0.2, -0.15) is 0 Å². The van der Waals surface area contributed by atoms with Crippen LogP contribution in [0.2, 0.25) is 0 Å². The molecule has 6 heteroatoms. The first-order chi connectivity index (χ1) is 11.6. The molecular weight excluding hydrogens is 310 g/mol. The number of likely N-dealkylation sites (tertiary alicyclic amines) is 1. The van der Waals surface area contributed by atoms with Crippen LogP contribution in [0.15, 0.2) is 30.3 Å². The Morgan fingerprint density at radius 1 is 1.12 bits per heavy atom. The van der Waals surface area contributed by atoms with E-state index in [1.54, 1.807) is 19.2 Å². The lowest BCUT2D eigenvalue weighted by Gasteiger charge is -2.22. The molecule has 1 amide bonds. The van der Waals surface area contributed by atoms with E-state index in [0.717, 1.165) is 0 Å². The molecule has 0 saturated carbocycles. The largest absolute Gasteiger partial charge is 0.467 e. The summed E-state index contributed by atoms with van der Waals surface area (Å²) in [6.45, 7) is 0.377. The van der Waals surface area contributed by atoms with Gasteiger partial charge in [0, 0.05) is 38.5 Å². The predicted molar refractivity (Wildman–Crippen MR) is 87.6 cm³/mol. The lowest BCUT2D eigenvalue weighted by atomic mass is 10.1. The van der Waals surface area contributed by atoms with Gasteiger partial charge in [-0.1, -0.05) is 30.3 Å². The number of methoxy groups -OCH3 is 2. The standard InChI is InChI=1S/C18H23NO5/c1-23-14-11-15(18(22)24-2)19(12-14)17(21)10-6-9-16(20)13-7-4-3-5-8-13/h3-5,7-8,14-15H,6,9-12H2,1-2H3/t14-,15+/m0/s1. The van der Waals surface area contributed by atoms with Crippen molar-refractivity contribution in [3.8, 4) is 0 Å². The van der Waals surface area contributed by atoms with Crippen molar-refractivity contribution in [2.24, 2.45) is 0 Å². The third-order valence-electron chi connectivity index (χ3n) is 4.28. The molecule has 0 aliphatic carbocycles. The average Bonchev–Trinajstić information content (AvgIpc) is 3.06. The number of ether oxygens (including phenoxy) is 2. The molecule has 1 aliphatic rings. The van der Waals surface area contributed by atoms with Crippen LogP contribution in [0.5, 0.6) is 0 Å². The molecule has 0 aromatic heterocycles. The van der Waals surface area contributed by atoms with Gasteiger partial charge >= 0.3 is 5.97 Å². The first kappa shape index (κ1) is 18.1. The van der Waals surface area contributed by atoms with Gasteiger partial charge in [-0.25, -0.2) is 4.79 Å². The minimum atomic E-state index is -0.600. The number of rotatable bonds is 7. The Balaban J connectivity index is 1.87. The van der Waals surface area contributed by atoms with Gasteiger partial charge in [0.25, 0.3) is 0 Å². The second-order valence-corrected chi connectivity index (χ2v) is 5.82. The molecule has 1 saturated heterocycles. The quantitative estimate of drug-likeness (QED) is 0.562. The zero-order chi connectivity index (χ0) is 17.5. The van der Waals surface area contributed by atoms with Crippen LogP contribution in [0.25, 0.3) is 0 Å². The molecule has 24 heavy (non-hydrogen) atoms. The van der Waals surface area contributed by atoms with Crippen molar-refractivity contribution in [2.45, 2.75) is 37.8 Å². The van der Waals surface area contributed by atoms with Gasteiger partial charge in [0.05, 0.1) is 13.2 Å². The summed E-state index contributed by atoms with van der Waals surface area (Å²) < 4.78 is 10.0. The summed E-state index contributed by atoms with van der Waals surface area (Å²) in [5.74, 6) is -0.557. The maximum absolute atomic E-state index is 12.4. The number of benzene rings is 1. The molecule has 0 unspecified atom stereocenters. The summed E-state index contributed by atoms with van der Waals surface area (Å²) in [4.78, 5) is 37.8. The molecule has 6 nitrogen and oxygen atoms in total. The molecule has 2 atom stereocenters. The molecule has 1 fully saturated rings. The highest BCUT2D eigenvalue weighted by atomic mass is 16.5. The molecule has 1 aromatic rings. The Morgan fingerprint density at radius 3 is 2.46 bits per heavy atom. The highest BCUT2D eigenvalue weighted by Gasteiger charge is 2.40. The van der Waals surface area contributed by atoms with Crippen molar-refractivity contribution in [3.63, 3.8) is 0 Å². The third-order valence-corrected chi connectivity index (χ3v) is 4.28. The van der Waals surface area contributed by atoms with Crippen LogP contribution in [0.3, 0.4) is 0 Å². The van der Waals surface area contributed by atoms with E-state index in [-0.39, 0.29) is 24.2 Å². The number of carbonyl (C=O) groups excluding carboxylic acids is 3. The molecule has 0 bridgehead atoms. The number of Topliss-reactive ketones (excluding diaryl/α,β-unsaturated/α-hetero) is 1. The Morgan fingerprint density at radius 2 is 1.83 bits per heavy atom. The maximum Gasteiger partial charge on any atom is 0.328 e. The zero-order valence-corrected chi connectivity index (χ0v) is 14.1. The van der Waals surface area contributed by atoms with Crippen LogP contribution in [-0.4, -0.2) is 55.5 Å². The first-order valence-corrected chi connectivity index (χ1v) is 8.05. The van der Waals surface area contributed by atoms with Gasteiger partial charge < -0.3 is 14.4 Å². The van der Waals surface area contributed by atoms with Crippen molar-refractivity contribution in [2.75, 3.05) is 20.8 Å². The Bertz CT molecular complexity index is 586. The second kappa shape index (κ2) is 8.59. The maximum atomic E-state index is 12.4. The molecular formula is C18H23NO5. The van der Waals surface area contributed by atoms with Crippen LogP contribution >= 0.6 is 0 Å². The number of nitrogens with zero attached hydrogens (tertiary/aromatic N) is 1. The van der Waals surface area contributed by atoms with E-state index in [0.29, 0.717) is 31.4 Å². The van der Waals surface area contributed by atoms with E-state index < -0.39 is 12.0 Å². The Hall–Kier alpha value is -2.21. The fraction of sp³-hybridized carbons (Fsp3) is 0.500. The highest BCUT2D eigenvalue weighted by molar-refractivity contribution is 5.96. The number of hydrogen-bond donors (Lipinski definition) is 0. The lowest BCUT2D eigenvalue weighted by Crippen LogP contribution is -2.41. The molecule has 0 radical (unpaired) electrons. The van der Waals surface area contributed by atoms with Crippen molar-refractivity contribution < 1.29 is 23.9 Å². The van der Waals surface area contributed by atoms with Crippen molar-refractivity contribution >= 4 is 17.7 Å². The van der Waals surface area contributed by atoms with Crippen LogP contribution in [0.4, 0.5) is 0 Å². The molecule has 2 rings (SSSR count). The summed E-state index contributed by atoms with van der Waals surface area (Å²) in [7, 11) is 2.87. The SMILES string of the molecule is COC(=O)[C@H]1C[C@H](OC)CN1C(=O)CCCC(=O)c1ccccc1. The van der Waals surface area contributed by atoms with Gasteiger partial charge in [-0.15, -0.1) is 0 Å². The summed E-state index contributed by atoms with van der Waals surface area (Å²) >= 11 is 0. The number of esters is 1. The molecule has 130 valence electrons. The summed E-state index contributed by atoms with van der Waals surface area (Å²) in [5.41, 5.74) is 0.651. The Kier molecular flexibility index (Phi) is 6.49. The van der Waals surface area contributed by atoms with Crippen molar-refractivity contribution in [3.05, 3.63) is 35.9 Å². The van der Waals surface area contributed by atoms with Gasteiger partial charge in [0.2, 0.25) is 5.91 Å². The fourth-order valence-electron chi connectivity index (χ4n) is 2.92. The monoisotopic (exact) mass is 333 g/mol. The van der Waals surface area contributed by atoms with E-state index in [1.807, 2.05) is 18.2 Å². The number of carbonyl (C=O) groups is 3. The minimum Gasteiger partial charge on any atom is -0.467 e. The van der Waals surface area contributed by atoms with Crippen LogP contribution in [0, 0.1) is 0 Å². The van der Waals surface area contributed by atoms with E-state index in [4.69, 9.17) is 9.47 Å². The molecule has 1 aliphatic heterocycles. The second-order valence-electron chi connectivity index (χ2n) is 5.82. The van der Waals surface area contributed by atoms with Crippen LogP contribution < -0.4 is 0 Å². The topological polar surface area (TPSA) is 72.9 Å². The molecule has 0 spiro atoms. The summed E-state index contributed by atoms with van der Waals surface area (Å²) in [6, 6.07) is 8.41. The van der Waals surface area contributed by atoms with Crippen LogP contribution in [0.1, 0.15) is 36.0 Å². The number of hydrogen-bond acceptors (Lipinski definition) is 5. The fourth-order valence-corrected chi connectivity index (χ4v) is 2.92. The van der Waals surface area contributed by atoms with Gasteiger partial charge in [-0.3, -0.25) is 9.59 Å². The molecule has 0 N–H and O–H groups in total. The smallest absolute Gasteiger partial charge is 0.328 e. The minimum absolute atomic E-state index is 0.0177. The lowest BCUT2D eigenvalue weighted by molar-refractivity contribution is -0.151. The van der Waals surface area contributed by atoms with Gasteiger partial charge in [-0.05, 0) is 6.42 Å². The van der Waals surface area contributed by atoms with E-state index in [1.165, 1.54) is 12.0 Å². The number of amides is 1. The Labute approximate surface area is 141 Å². The molecule has 1 aromatic carbocycles. The molecule has 1 heterocycles. The van der Waals surface area contributed by atoms with E-state index in [9.17, 15) is 14.4 Å². The van der Waals surface area contributed by atoms with Gasteiger partial charge in [0.15, 0.2) is 5.78 Å². The highest BCUT2D eigenvalue weighted by Crippen LogP contribution is 2.22. The summed E-state index contributed by atoms with van der Waals surface area (Å²) in [5, 5.41) is 0. The average molecular weight is 333 g/mol. The van der Waals surface area contributed by atoms with Gasteiger partial charge in [0.1, 0.15) is 6.04 Å². The zero-order valence-electron chi connectivity index (χ0n) is 14.1. The van der Waals surface area contributed by atoms with E-state index >= 15 is 0 Å². The van der Waals surface area contributed by atoms with E-state index in [2.05, 4.69) is 0 Å². The normalized spacial score (nSPS) is 20.0. The first-order valence-electron chi connectivity index (χ1n) is 8.05. The van der Waals surface area contributed by atoms with Crippen molar-refractivity contribution in [1.82, 2.24) is 4.90 Å². The van der Waals surface area contributed by atoms with Crippen LogP contribution in [-0.2, 0) is 19.1 Å². The predicted octanol–water partition coefficient (Wildman–Crippen LogP) is 1.83. The third kappa shape index (κ3) is 4.41. The number of ketones is 1. The summed E-state index contributed by atoms with van der Waals surface area (Å²) in [6.07, 6.45) is 1.26.